The first kappa shape index (κ1) is 16.2. The predicted molar refractivity (Wildman–Crippen MR) is 83.8 cm³/mol. The smallest absolute Gasteiger partial charge is 0.254 e. The fraction of sp³-hybridized carbons (Fsp3) is 0.625. The number of rotatable bonds is 2. The van der Waals surface area contributed by atoms with E-state index in [9.17, 15) is 4.79 Å². The molecule has 21 heavy (non-hydrogen) atoms. The Morgan fingerprint density at radius 3 is 2.38 bits per heavy atom. The number of carbonyl (C=O) groups excluding carboxylic acids is 1. The van der Waals surface area contributed by atoms with Gasteiger partial charge in [-0.25, -0.2) is 4.98 Å². The quantitative estimate of drug-likeness (QED) is 0.787. The van der Waals surface area contributed by atoms with Gasteiger partial charge in [-0.1, -0.05) is 18.5 Å². The van der Waals surface area contributed by atoms with Gasteiger partial charge in [0, 0.05) is 24.3 Å². The zero-order valence-corrected chi connectivity index (χ0v) is 14.1. The summed E-state index contributed by atoms with van der Waals surface area (Å²) in [7, 11) is 0. The van der Waals surface area contributed by atoms with Gasteiger partial charge in [-0.3, -0.25) is 4.79 Å². The second-order valence-electron chi connectivity index (χ2n) is 6.81. The minimum atomic E-state index is -0.359. The van der Waals surface area contributed by atoms with Crippen molar-refractivity contribution in [2.45, 2.75) is 52.2 Å². The Labute approximate surface area is 131 Å². The van der Waals surface area contributed by atoms with Crippen molar-refractivity contribution in [1.82, 2.24) is 9.88 Å². The third-order valence-electron chi connectivity index (χ3n) is 3.44. The third-order valence-corrected chi connectivity index (χ3v) is 3.63. The van der Waals surface area contributed by atoms with E-state index in [0.29, 0.717) is 23.8 Å². The molecule has 1 aliphatic rings. The van der Waals surface area contributed by atoms with E-state index in [4.69, 9.17) is 16.3 Å². The molecule has 116 valence electrons. The summed E-state index contributed by atoms with van der Waals surface area (Å²) in [6.45, 7) is 11.1. The van der Waals surface area contributed by atoms with E-state index in [0.717, 1.165) is 12.1 Å². The number of pyridine rings is 1. The Kier molecular flexibility index (Phi) is 4.31. The summed E-state index contributed by atoms with van der Waals surface area (Å²) in [5.41, 5.74) is 0.710. The molecule has 0 bridgehead atoms. The highest BCUT2D eigenvalue weighted by atomic mass is 35.5. The van der Waals surface area contributed by atoms with Crippen LogP contribution in [-0.4, -0.2) is 40.1 Å². The van der Waals surface area contributed by atoms with Gasteiger partial charge in [0.05, 0.1) is 11.2 Å². The molecule has 0 saturated carbocycles. The molecule has 0 atom stereocenters. The van der Waals surface area contributed by atoms with Crippen LogP contribution in [0.25, 0.3) is 0 Å². The lowest BCUT2D eigenvalue weighted by atomic mass is 9.98. The Hall–Kier alpha value is -1.13. The number of halogens is 1. The van der Waals surface area contributed by atoms with Gasteiger partial charge in [0.25, 0.3) is 5.91 Å². The van der Waals surface area contributed by atoms with E-state index < -0.39 is 0 Å². The van der Waals surface area contributed by atoms with Crippen molar-refractivity contribution in [2.24, 2.45) is 0 Å². The molecule has 0 unspecified atom stereocenters. The van der Waals surface area contributed by atoms with E-state index >= 15 is 0 Å². The van der Waals surface area contributed by atoms with Crippen LogP contribution in [0.5, 0.6) is 0 Å². The summed E-state index contributed by atoms with van der Waals surface area (Å²) in [5.74, 6) is -0.0153. The lowest BCUT2D eigenvalue weighted by Crippen LogP contribution is -2.58. The normalized spacial score (nSPS) is 20.4. The van der Waals surface area contributed by atoms with Gasteiger partial charge >= 0.3 is 0 Å². The lowest BCUT2D eigenvalue weighted by molar-refractivity contribution is -0.171. The number of hydrogen-bond donors (Lipinski definition) is 0. The minimum Gasteiger partial charge on any atom is -0.366 e. The highest BCUT2D eigenvalue weighted by molar-refractivity contribution is 6.29. The van der Waals surface area contributed by atoms with Gasteiger partial charge in [0.2, 0.25) is 0 Å². The number of morpholine rings is 1. The SMILES string of the molecule is CCc1cc(C(=O)N2CC(C)(C)OC(C)(C)C2)cc(Cl)n1. The standard InChI is InChI=1S/C16H23ClN2O2/c1-6-12-7-11(8-13(17)18-12)14(20)19-9-15(2,3)21-16(4,5)10-19/h7-8H,6,9-10H2,1-5H3. The molecule has 2 heterocycles. The van der Waals surface area contributed by atoms with Gasteiger partial charge in [-0.05, 0) is 46.2 Å². The average Bonchev–Trinajstić information content (AvgIpc) is 2.33. The number of ether oxygens (including phenoxy) is 1. The van der Waals surface area contributed by atoms with Crippen LogP contribution in [0.2, 0.25) is 5.15 Å². The summed E-state index contributed by atoms with van der Waals surface area (Å²) < 4.78 is 6.01. The second-order valence-corrected chi connectivity index (χ2v) is 7.19. The molecule has 1 aromatic heterocycles. The largest absolute Gasteiger partial charge is 0.366 e. The second kappa shape index (κ2) is 5.58. The Morgan fingerprint density at radius 1 is 1.29 bits per heavy atom. The van der Waals surface area contributed by atoms with Crippen LogP contribution in [0, 0.1) is 0 Å². The number of amides is 1. The first-order valence-corrected chi connectivity index (χ1v) is 7.66. The highest BCUT2D eigenvalue weighted by Crippen LogP contribution is 2.29. The first-order valence-electron chi connectivity index (χ1n) is 7.28. The molecule has 1 aliphatic heterocycles. The molecular weight excluding hydrogens is 288 g/mol. The van der Waals surface area contributed by atoms with Crippen LogP contribution >= 0.6 is 11.6 Å². The van der Waals surface area contributed by atoms with Gasteiger partial charge in [0.1, 0.15) is 5.15 Å². The molecule has 1 saturated heterocycles. The van der Waals surface area contributed by atoms with E-state index in [1.807, 2.05) is 45.6 Å². The summed E-state index contributed by atoms with van der Waals surface area (Å²) in [6, 6.07) is 3.46. The molecule has 0 aromatic carbocycles. The monoisotopic (exact) mass is 310 g/mol. The predicted octanol–water partition coefficient (Wildman–Crippen LogP) is 3.33. The number of hydrogen-bond acceptors (Lipinski definition) is 3. The molecule has 1 fully saturated rings. The van der Waals surface area contributed by atoms with Crippen LogP contribution in [-0.2, 0) is 11.2 Å². The lowest BCUT2D eigenvalue weighted by Gasteiger charge is -2.47. The maximum atomic E-state index is 12.8. The van der Waals surface area contributed by atoms with E-state index in [1.165, 1.54) is 0 Å². The van der Waals surface area contributed by atoms with Gasteiger partial charge in [0.15, 0.2) is 0 Å². The molecule has 0 spiro atoms. The van der Waals surface area contributed by atoms with Crippen molar-refractivity contribution in [3.63, 3.8) is 0 Å². The van der Waals surface area contributed by atoms with Crippen LogP contribution in [0.3, 0.4) is 0 Å². The fourth-order valence-corrected chi connectivity index (χ4v) is 3.20. The van der Waals surface area contributed by atoms with E-state index in [-0.39, 0.29) is 17.1 Å². The molecule has 0 aliphatic carbocycles. The van der Waals surface area contributed by atoms with Crippen molar-refractivity contribution in [1.29, 1.82) is 0 Å². The summed E-state index contributed by atoms with van der Waals surface area (Å²) in [4.78, 5) is 18.8. The summed E-state index contributed by atoms with van der Waals surface area (Å²) >= 11 is 6.02. The van der Waals surface area contributed by atoms with E-state index in [1.54, 1.807) is 6.07 Å². The highest BCUT2D eigenvalue weighted by Gasteiger charge is 2.40. The van der Waals surface area contributed by atoms with Crippen molar-refractivity contribution < 1.29 is 9.53 Å². The van der Waals surface area contributed by atoms with Gasteiger partial charge in [-0.2, -0.15) is 0 Å². The van der Waals surface area contributed by atoms with Crippen molar-refractivity contribution >= 4 is 17.5 Å². The number of nitrogens with zero attached hydrogens (tertiary/aromatic N) is 2. The van der Waals surface area contributed by atoms with Crippen molar-refractivity contribution in [3.8, 4) is 0 Å². The Morgan fingerprint density at radius 2 is 1.86 bits per heavy atom. The maximum absolute atomic E-state index is 12.8. The maximum Gasteiger partial charge on any atom is 0.254 e. The third kappa shape index (κ3) is 3.95. The van der Waals surface area contributed by atoms with Gasteiger partial charge < -0.3 is 9.64 Å². The van der Waals surface area contributed by atoms with Crippen LogP contribution in [0.1, 0.15) is 50.7 Å². The van der Waals surface area contributed by atoms with E-state index in [2.05, 4.69) is 4.98 Å². The molecule has 0 N–H and O–H groups in total. The zero-order valence-electron chi connectivity index (χ0n) is 13.4. The van der Waals surface area contributed by atoms with Crippen molar-refractivity contribution in [3.05, 3.63) is 28.5 Å². The van der Waals surface area contributed by atoms with Crippen LogP contribution in [0.4, 0.5) is 0 Å². The fourth-order valence-electron chi connectivity index (χ4n) is 2.97. The number of aryl methyl sites for hydroxylation is 1. The molecule has 2 rings (SSSR count). The number of aromatic nitrogens is 1. The van der Waals surface area contributed by atoms with Crippen molar-refractivity contribution in [2.75, 3.05) is 13.1 Å². The molecule has 1 amide bonds. The summed E-state index contributed by atoms with van der Waals surface area (Å²) in [6.07, 6.45) is 0.751. The Bertz CT molecular complexity index is 539. The Balaban J connectivity index is 2.29. The molecule has 0 radical (unpaired) electrons. The van der Waals surface area contributed by atoms with Gasteiger partial charge in [-0.15, -0.1) is 0 Å². The van der Waals surface area contributed by atoms with Crippen LogP contribution in [0.15, 0.2) is 12.1 Å². The summed E-state index contributed by atoms with van der Waals surface area (Å²) in [5, 5.41) is 0.365. The molecule has 5 heteroatoms. The molecular formula is C16H23ClN2O2. The molecule has 1 aromatic rings. The number of carbonyl (C=O) groups is 1. The minimum absolute atomic E-state index is 0.0153. The average molecular weight is 311 g/mol. The topological polar surface area (TPSA) is 42.4 Å². The first-order chi connectivity index (χ1) is 9.62. The van der Waals surface area contributed by atoms with Crippen LogP contribution < -0.4 is 0 Å². The zero-order chi connectivity index (χ0) is 15.8. The molecule has 4 nitrogen and oxygen atoms in total.